The molecule has 6 nitrogen and oxygen atoms in total. The van der Waals surface area contributed by atoms with Gasteiger partial charge >= 0.3 is 0 Å². The summed E-state index contributed by atoms with van der Waals surface area (Å²) in [5, 5.41) is 14.4. The first kappa shape index (κ1) is 25.7. The van der Waals surface area contributed by atoms with Gasteiger partial charge in [-0.25, -0.2) is 4.99 Å². The van der Waals surface area contributed by atoms with Gasteiger partial charge in [0.05, 0.1) is 25.4 Å². The number of carbonyl (C=O) groups excluding carboxylic acids is 1. The van der Waals surface area contributed by atoms with Gasteiger partial charge in [-0.05, 0) is 77.6 Å². The molecule has 37 heavy (non-hydrogen) atoms. The summed E-state index contributed by atoms with van der Waals surface area (Å²) in [7, 11) is 0. The Morgan fingerprint density at radius 1 is 1.11 bits per heavy atom. The number of phenolic OH excluding ortho intramolecular Hbond substituents is 1. The molecule has 2 heterocycles. The van der Waals surface area contributed by atoms with Crippen LogP contribution in [0.2, 0.25) is 10.0 Å². The molecule has 3 aromatic carbocycles. The molecule has 0 fully saturated rings. The number of nitrogens with zero attached hydrogens (tertiary/aromatic N) is 2. The number of aromatic nitrogens is 1. The summed E-state index contributed by atoms with van der Waals surface area (Å²) >= 11 is 15.5. The Hall–Kier alpha value is -2.92. The molecule has 1 aromatic heterocycles. The first-order valence-electron chi connectivity index (χ1n) is 11.1. The Bertz CT molecular complexity index is 1750. The van der Waals surface area contributed by atoms with Crippen LogP contribution in [0.25, 0.3) is 6.08 Å². The number of phenols is 1. The summed E-state index contributed by atoms with van der Waals surface area (Å²) in [4.78, 5) is 32.4. The largest absolute Gasteiger partial charge is 0.506 e. The molecule has 1 aliphatic rings. The highest BCUT2D eigenvalue weighted by Gasteiger charge is 2.32. The van der Waals surface area contributed by atoms with Crippen molar-refractivity contribution in [3.05, 3.63) is 122 Å². The number of thiazole rings is 1. The third-order valence-electron chi connectivity index (χ3n) is 5.83. The lowest BCUT2D eigenvalue weighted by molar-refractivity contribution is -0.113. The minimum Gasteiger partial charge on any atom is -0.506 e. The van der Waals surface area contributed by atoms with E-state index in [1.165, 1.54) is 15.9 Å². The average Bonchev–Trinajstić information content (AvgIpc) is 3.16. The number of carbonyl (C=O) groups is 1. The molecule has 10 heteroatoms. The van der Waals surface area contributed by atoms with Crippen molar-refractivity contribution >= 4 is 74.8 Å². The molecule has 0 aliphatic carbocycles. The molecule has 1 aliphatic heterocycles. The van der Waals surface area contributed by atoms with E-state index in [4.69, 9.17) is 23.2 Å². The molecule has 2 N–H and O–H groups in total. The van der Waals surface area contributed by atoms with Gasteiger partial charge in [-0.3, -0.25) is 14.2 Å². The van der Waals surface area contributed by atoms with Crippen molar-refractivity contribution in [2.75, 3.05) is 5.32 Å². The van der Waals surface area contributed by atoms with Crippen LogP contribution in [0.5, 0.6) is 5.75 Å². The molecule has 0 unspecified atom stereocenters. The second-order valence-electron chi connectivity index (χ2n) is 8.28. The zero-order valence-corrected chi connectivity index (χ0v) is 23.7. The number of benzene rings is 3. The van der Waals surface area contributed by atoms with Gasteiger partial charge in [-0.1, -0.05) is 64.9 Å². The van der Waals surface area contributed by atoms with Crippen LogP contribution in [0, 0.1) is 3.57 Å². The normalized spacial score (nSPS) is 15.4. The first-order chi connectivity index (χ1) is 17.7. The van der Waals surface area contributed by atoms with Gasteiger partial charge in [-0.2, -0.15) is 0 Å². The maximum Gasteiger partial charge on any atom is 0.271 e. The van der Waals surface area contributed by atoms with Crippen LogP contribution in [0.15, 0.2) is 87.8 Å². The summed E-state index contributed by atoms with van der Waals surface area (Å²) in [6.45, 7) is 1.76. The number of amides is 1. The number of allylic oxidation sites excluding steroid dienone is 1. The molecule has 1 amide bonds. The number of hydrogen-bond acceptors (Lipinski definition) is 5. The van der Waals surface area contributed by atoms with Crippen molar-refractivity contribution in [1.82, 2.24) is 4.57 Å². The lowest BCUT2D eigenvalue weighted by Gasteiger charge is -2.25. The second kappa shape index (κ2) is 10.4. The van der Waals surface area contributed by atoms with E-state index in [9.17, 15) is 14.7 Å². The van der Waals surface area contributed by atoms with Gasteiger partial charge in [0.1, 0.15) is 5.75 Å². The standard InChI is InChI=1S/C27H18Cl2IN3O3S/c1-14-22(25(35)32-19-5-3-2-4-6-19)23(15-7-9-17(28)10-8-15)33-26(36)21(37-27(33)31-14)12-16-11-18(29)13-20(30)24(16)34/h2-13,23,34H,1H3,(H,32,35)/b21-12-/t23-/m0/s1. The van der Waals surface area contributed by atoms with Crippen LogP contribution in [-0.4, -0.2) is 15.6 Å². The van der Waals surface area contributed by atoms with Crippen LogP contribution < -0.4 is 20.2 Å². The van der Waals surface area contributed by atoms with E-state index in [2.05, 4.69) is 10.3 Å². The molecule has 0 radical (unpaired) electrons. The van der Waals surface area contributed by atoms with Gasteiger partial charge in [0, 0.05) is 21.3 Å². The third kappa shape index (κ3) is 5.11. The van der Waals surface area contributed by atoms with Crippen molar-refractivity contribution in [1.29, 1.82) is 0 Å². The summed E-state index contributed by atoms with van der Waals surface area (Å²) in [5.74, 6) is -0.326. The second-order valence-corrected chi connectivity index (χ2v) is 11.3. The van der Waals surface area contributed by atoms with E-state index < -0.39 is 6.04 Å². The Labute approximate surface area is 239 Å². The summed E-state index contributed by atoms with van der Waals surface area (Å²) < 4.78 is 2.43. The van der Waals surface area contributed by atoms with Crippen molar-refractivity contribution in [3.63, 3.8) is 0 Å². The number of fused-ring (bicyclic) bond motifs is 1. The smallest absolute Gasteiger partial charge is 0.271 e. The van der Waals surface area contributed by atoms with Crippen LogP contribution >= 0.6 is 57.1 Å². The number of rotatable bonds is 4. The molecule has 0 saturated heterocycles. The van der Waals surface area contributed by atoms with Crippen molar-refractivity contribution < 1.29 is 9.90 Å². The van der Waals surface area contributed by atoms with Gasteiger partial charge in [0.25, 0.3) is 11.5 Å². The quantitative estimate of drug-likeness (QED) is 0.284. The highest BCUT2D eigenvalue weighted by Crippen LogP contribution is 2.32. The van der Waals surface area contributed by atoms with E-state index >= 15 is 0 Å². The van der Waals surface area contributed by atoms with Crippen LogP contribution in [0.1, 0.15) is 24.1 Å². The SMILES string of the molecule is CC1=C(C(=O)Nc2ccccc2)[C@H](c2ccc(Cl)cc2)n2c(s/c(=C\c3cc(Cl)cc(I)c3O)c2=O)=N1. The number of aromatic hydroxyl groups is 1. The van der Waals surface area contributed by atoms with Crippen LogP contribution in [-0.2, 0) is 4.79 Å². The summed E-state index contributed by atoms with van der Waals surface area (Å²) in [6, 6.07) is 18.6. The van der Waals surface area contributed by atoms with E-state index in [1.807, 2.05) is 40.8 Å². The van der Waals surface area contributed by atoms with Gasteiger partial charge in [-0.15, -0.1) is 0 Å². The van der Waals surface area contributed by atoms with E-state index in [1.54, 1.807) is 61.5 Å². The van der Waals surface area contributed by atoms with E-state index in [-0.39, 0.29) is 17.2 Å². The molecular weight excluding hydrogens is 644 g/mol. The maximum absolute atomic E-state index is 13.8. The van der Waals surface area contributed by atoms with Gasteiger partial charge in [0.2, 0.25) is 0 Å². The highest BCUT2D eigenvalue weighted by atomic mass is 127. The minimum atomic E-state index is -0.729. The Morgan fingerprint density at radius 2 is 1.81 bits per heavy atom. The van der Waals surface area contributed by atoms with Crippen LogP contribution in [0.4, 0.5) is 5.69 Å². The minimum absolute atomic E-state index is 0.0317. The molecular formula is C27H18Cl2IN3O3S. The zero-order chi connectivity index (χ0) is 26.3. The fourth-order valence-corrected chi connectivity index (χ4v) is 6.35. The van der Waals surface area contributed by atoms with Crippen molar-refractivity contribution in [3.8, 4) is 5.75 Å². The molecule has 0 saturated carbocycles. The molecule has 186 valence electrons. The number of nitrogens with one attached hydrogen (secondary N) is 1. The van der Waals surface area contributed by atoms with Gasteiger partial charge in [0.15, 0.2) is 4.80 Å². The lowest BCUT2D eigenvalue weighted by Crippen LogP contribution is -2.40. The average molecular weight is 662 g/mol. The zero-order valence-electron chi connectivity index (χ0n) is 19.2. The fraction of sp³-hybridized carbons (Fsp3) is 0.0741. The molecule has 5 rings (SSSR count). The summed E-state index contributed by atoms with van der Waals surface area (Å²) in [5.41, 5.74) is 2.28. The van der Waals surface area contributed by atoms with Gasteiger partial charge < -0.3 is 10.4 Å². The number of halogens is 3. The summed E-state index contributed by atoms with van der Waals surface area (Å²) in [6.07, 6.45) is 1.59. The predicted molar refractivity (Wildman–Crippen MR) is 156 cm³/mol. The fourth-order valence-electron chi connectivity index (χ4n) is 4.13. The highest BCUT2D eigenvalue weighted by molar-refractivity contribution is 14.1. The maximum atomic E-state index is 13.8. The van der Waals surface area contributed by atoms with Crippen molar-refractivity contribution in [2.45, 2.75) is 13.0 Å². The topological polar surface area (TPSA) is 83.7 Å². The Morgan fingerprint density at radius 3 is 2.51 bits per heavy atom. The molecule has 0 spiro atoms. The Kier molecular flexibility index (Phi) is 7.26. The number of hydrogen-bond donors (Lipinski definition) is 2. The lowest BCUT2D eigenvalue weighted by atomic mass is 9.95. The van der Waals surface area contributed by atoms with Crippen molar-refractivity contribution in [2.24, 2.45) is 4.99 Å². The first-order valence-corrected chi connectivity index (χ1v) is 13.7. The molecule has 0 bridgehead atoms. The molecule has 4 aromatic rings. The van der Waals surface area contributed by atoms with Crippen LogP contribution in [0.3, 0.4) is 0 Å². The van der Waals surface area contributed by atoms with E-state index in [0.717, 1.165) is 0 Å². The third-order valence-corrected chi connectivity index (χ3v) is 8.10. The molecule has 1 atom stereocenters. The Balaban J connectivity index is 1.70. The monoisotopic (exact) mass is 661 g/mol. The number of anilines is 1. The predicted octanol–water partition coefficient (Wildman–Crippen LogP) is 5.49. The number of para-hydroxylation sites is 1. The van der Waals surface area contributed by atoms with E-state index in [0.29, 0.717) is 51.0 Å².